The molecule has 20 heavy (non-hydrogen) atoms. The summed E-state index contributed by atoms with van der Waals surface area (Å²) in [6.07, 6.45) is 7.97. The Bertz CT molecular complexity index is 397. The van der Waals surface area contributed by atoms with Crippen molar-refractivity contribution in [2.24, 2.45) is 0 Å². The summed E-state index contributed by atoms with van der Waals surface area (Å²) in [5, 5.41) is 8.14. The first kappa shape index (κ1) is 15.5. The molecule has 1 fully saturated rings. The Balaban J connectivity index is 1.75. The van der Waals surface area contributed by atoms with E-state index >= 15 is 0 Å². The van der Waals surface area contributed by atoms with Crippen molar-refractivity contribution in [2.45, 2.75) is 65.1 Å². The summed E-state index contributed by atoms with van der Waals surface area (Å²) in [5.74, 6) is 0. The highest BCUT2D eigenvalue weighted by atomic mass is 15.3. The fraction of sp³-hybridized carbons (Fsp3) is 0.812. The number of hydrogen-bond donors (Lipinski definition) is 1. The summed E-state index contributed by atoms with van der Waals surface area (Å²) in [6, 6.07) is 0.668. The SMILES string of the molecule is CCCN1CCC(NCc2cnn(C(C)(C)C)c2)CC1. The van der Waals surface area contributed by atoms with Gasteiger partial charge >= 0.3 is 0 Å². The normalized spacial score (nSPS) is 18.6. The lowest BCUT2D eigenvalue weighted by molar-refractivity contribution is 0.197. The van der Waals surface area contributed by atoms with Crippen LogP contribution in [0.2, 0.25) is 0 Å². The Morgan fingerprint density at radius 1 is 1.30 bits per heavy atom. The Kier molecular flexibility index (Phi) is 5.22. The largest absolute Gasteiger partial charge is 0.310 e. The first-order valence-electron chi connectivity index (χ1n) is 7.99. The van der Waals surface area contributed by atoms with Crippen LogP contribution in [0.1, 0.15) is 52.5 Å². The van der Waals surface area contributed by atoms with Crippen molar-refractivity contribution in [3.05, 3.63) is 18.0 Å². The van der Waals surface area contributed by atoms with Crippen molar-refractivity contribution in [1.82, 2.24) is 20.0 Å². The first-order chi connectivity index (χ1) is 9.49. The minimum Gasteiger partial charge on any atom is -0.310 e. The average Bonchev–Trinajstić information content (AvgIpc) is 2.87. The zero-order valence-corrected chi connectivity index (χ0v) is 13.5. The summed E-state index contributed by atoms with van der Waals surface area (Å²) >= 11 is 0. The lowest BCUT2D eigenvalue weighted by Gasteiger charge is -2.32. The zero-order valence-electron chi connectivity index (χ0n) is 13.5. The Hall–Kier alpha value is -0.870. The second-order valence-electron chi connectivity index (χ2n) is 6.96. The van der Waals surface area contributed by atoms with Crippen LogP contribution < -0.4 is 5.32 Å². The minimum atomic E-state index is 0.0732. The predicted molar refractivity (Wildman–Crippen MR) is 83.8 cm³/mol. The molecule has 1 aromatic rings. The number of nitrogens with one attached hydrogen (secondary N) is 1. The summed E-state index contributed by atoms with van der Waals surface area (Å²) in [6.45, 7) is 13.5. The van der Waals surface area contributed by atoms with Gasteiger partial charge in [0.05, 0.1) is 11.7 Å². The molecule has 0 bridgehead atoms. The van der Waals surface area contributed by atoms with Gasteiger partial charge in [-0.3, -0.25) is 4.68 Å². The first-order valence-corrected chi connectivity index (χ1v) is 7.99. The average molecular weight is 278 g/mol. The van der Waals surface area contributed by atoms with Crippen molar-refractivity contribution in [3.63, 3.8) is 0 Å². The number of likely N-dealkylation sites (tertiary alicyclic amines) is 1. The van der Waals surface area contributed by atoms with Crippen LogP contribution in [0.15, 0.2) is 12.4 Å². The molecule has 1 N–H and O–H groups in total. The molecule has 2 heterocycles. The topological polar surface area (TPSA) is 33.1 Å². The molecule has 1 aliphatic rings. The van der Waals surface area contributed by atoms with Crippen molar-refractivity contribution in [1.29, 1.82) is 0 Å². The molecular weight excluding hydrogens is 248 g/mol. The van der Waals surface area contributed by atoms with Gasteiger partial charge in [-0.2, -0.15) is 5.10 Å². The van der Waals surface area contributed by atoms with Crippen LogP contribution in [0.25, 0.3) is 0 Å². The monoisotopic (exact) mass is 278 g/mol. The van der Waals surface area contributed by atoms with Crippen LogP contribution >= 0.6 is 0 Å². The number of nitrogens with zero attached hydrogens (tertiary/aromatic N) is 3. The maximum Gasteiger partial charge on any atom is 0.0543 e. The third-order valence-corrected chi connectivity index (χ3v) is 4.05. The van der Waals surface area contributed by atoms with Crippen molar-refractivity contribution < 1.29 is 0 Å². The van der Waals surface area contributed by atoms with Gasteiger partial charge in [0.25, 0.3) is 0 Å². The van der Waals surface area contributed by atoms with Crippen molar-refractivity contribution in [3.8, 4) is 0 Å². The Morgan fingerprint density at radius 2 is 2.00 bits per heavy atom. The van der Waals surface area contributed by atoms with Crippen LogP contribution in [-0.4, -0.2) is 40.4 Å². The quantitative estimate of drug-likeness (QED) is 0.899. The molecule has 0 radical (unpaired) electrons. The van der Waals surface area contributed by atoms with Gasteiger partial charge in [-0.15, -0.1) is 0 Å². The van der Waals surface area contributed by atoms with Gasteiger partial charge in [-0.25, -0.2) is 0 Å². The number of piperidine rings is 1. The molecular formula is C16H30N4. The van der Waals surface area contributed by atoms with Crippen molar-refractivity contribution in [2.75, 3.05) is 19.6 Å². The second kappa shape index (κ2) is 6.72. The summed E-state index contributed by atoms with van der Waals surface area (Å²) in [4.78, 5) is 2.58. The maximum atomic E-state index is 4.46. The van der Waals surface area contributed by atoms with Gasteiger partial charge in [0, 0.05) is 24.3 Å². The second-order valence-corrected chi connectivity index (χ2v) is 6.96. The van der Waals surface area contributed by atoms with Crippen LogP contribution in [0.3, 0.4) is 0 Å². The summed E-state index contributed by atoms with van der Waals surface area (Å²) in [7, 11) is 0. The maximum absolute atomic E-state index is 4.46. The van der Waals surface area contributed by atoms with E-state index in [2.05, 4.69) is 49.2 Å². The van der Waals surface area contributed by atoms with Gasteiger partial charge in [0.1, 0.15) is 0 Å². The van der Waals surface area contributed by atoms with E-state index in [4.69, 9.17) is 0 Å². The molecule has 1 aliphatic heterocycles. The third kappa shape index (κ3) is 4.32. The molecule has 0 atom stereocenters. The molecule has 0 aromatic carbocycles. The van der Waals surface area contributed by atoms with E-state index in [-0.39, 0.29) is 5.54 Å². The molecule has 1 saturated heterocycles. The molecule has 114 valence electrons. The lowest BCUT2D eigenvalue weighted by atomic mass is 10.0. The standard InChI is InChI=1S/C16H30N4/c1-5-8-19-9-6-15(7-10-19)17-11-14-12-18-20(13-14)16(2,3)4/h12-13,15,17H,5-11H2,1-4H3. The molecule has 0 aliphatic carbocycles. The molecule has 0 spiro atoms. The van der Waals surface area contributed by atoms with E-state index in [9.17, 15) is 0 Å². The molecule has 4 nitrogen and oxygen atoms in total. The highest BCUT2D eigenvalue weighted by Gasteiger charge is 2.18. The van der Waals surface area contributed by atoms with E-state index < -0.39 is 0 Å². The van der Waals surface area contributed by atoms with E-state index in [0.29, 0.717) is 6.04 Å². The zero-order chi connectivity index (χ0) is 14.6. The van der Waals surface area contributed by atoms with E-state index in [1.54, 1.807) is 0 Å². The Morgan fingerprint density at radius 3 is 2.55 bits per heavy atom. The third-order valence-electron chi connectivity index (χ3n) is 4.05. The van der Waals surface area contributed by atoms with Gasteiger partial charge in [0.15, 0.2) is 0 Å². The van der Waals surface area contributed by atoms with Crippen LogP contribution in [0.5, 0.6) is 0 Å². The molecule has 0 unspecified atom stereocenters. The van der Waals surface area contributed by atoms with Gasteiger partial charge in [-0.1, -0.05) is 6.92 Å². The van der Waals surface area contributed by atoms with E-state index in [1.165, 1.54) is 44.5 Å². The molecule has 1 aromatic heterocycles. The van der Waals surface area contributed by atoms with E-state index in [0.717, 1.165) is 6.54 Å². The van der Waals surface area contributed by atoms with Crippen molar-refractivity contribution >= 4 is 0 Å². The molecule has 2 rings (SSSR count). The van der Waals surface area contributed by atoms with Gasteiger partial charge in [0.2, 0.25) is 0 Å². The highest BCUT2D eigenvalue weighted by Crippen LogP contribution is 2.14. The summed E-state index contributed by atoms with van der Waals surface area (Å²) < 4.78 is 2.05. The lowest BCUT2D eigenvalue weighted by Crippen LogP contribution is -2.42. The van der Waals surface area contributed by atoms with E-state index in [1.807, 2.05) is 10.9 Å². The number of hydrogen-bond acceptors (Lipinski definition) is 3. The predicted octanol–water partition coefficient (Wildman–Crippen LogP) is 2.60. The number of rotatable bonds is 5. The number of aromatic nitrogens is 2. The molecule has 0 saturated carbocycles. The highest BCUT2D eigenvalue weighted by molar-refractivity contribution is 5.05. The van der Waals surface area contributed by atoms with Gasteiger partial charge < -0.3 is 10.2 Å². The Labute approximate surface area is 123 Å². The molecule has 4 heteroatoms. The van der Waals surface area contributed by atoms with Gasteiger partial charge in [-0.05, 0) is 59.7 Å². The smallest absolute Gasteiger partial charge is 0.0543 e. The minimum absolute atomic E-state index is 0.0732. The van der Waals surface area contributed by atoms with Crippen LogP contribution in [0, 0.1) is 0 Å². The summed E-state index contributed by atoms with van der Waals surface area (Å²) in [5.41, 5.74) is 1.36. The fourth-order valence-electron chi connectivity index (χ4n) is 2.76. The van der Waals surface area contributed by atoms with Crippen LogP contribution in [0.4, 0.5) is 0 Å². The van der Waals surface area contributed by atoms with Crippen LogP contribution in [-0.2, 0) is 12.1 Å². The molecule has 0 amide bonds. The fourth-order valence-corrected chi connectivity index (χ4v) is 2.76.